The topological polar surface area (TPSA) is 54.4 Å². The Labute approximate surface area is 87.9 Å². The minimum Gasteiger partial charge on any atom is -0.389 e. The number of aliphatic hydroxyl groups is 1. The molecule has 0 aliphatic carbocycles. The van der Waals surface area contributed by atoms with Crippen LogP contribution in [0.3, 0.4) is 0 Å². The van der Waals surface area contributed by atoms with Gasteiger partial charge in [-0.05, 0) is 6.42 Å². The largest absolute Gasteiger partial charge is 0.389 e. The van der Waals surface area contributed by atoms with E-state index >= 15 is 0 Å². The number of hydrogen-bond donors (Lipinski definition) is 2. The fourth-order valence-corrected chi connectivity index (χ4v) is 1.81. The first-order valence-corrected chi connectivity index (χ1v) is 5.49. The van der Waals surface area contributed by atoms with Gasteiger partial charge in [-0.15, -0.1) is 11.3 Å². The van der Waals surface area contributed by atoms with Gasteiger partial charge in [-0.3, -0.25) is 0 Å². The summed E-state index contributed by atoms with van der Waals surface area (Å²) in [5.41, 5.74) is 1.08. The molecule has 1 unspecified atom stereocenters. The second-order valence-corrected chi connectivity index (χ2v) is 3.85. The molecule has 80 valence electrons. The second kappa shape index (κ2) is 5.95. The highest BCUT2D eigenvalue weighted by molar-refractivity contribution is 7.13. The number of methoxy groups -OCH3 is 1. The van der Waals surface area contributed by atoms with Crippen molar-refractivity contribution in [1.82, 2.24) is 4.98 Å². The molecule has 2 N–H and O–H groups in total. The van der Waals surface area contributed by atoms with Crippen molar-refractivity contribution in [2.45, 2.75) is 19.4 Å². The summed E-state index contributed by atoms with van der Waals surface area (Å²) in [4.78, 5) is 4.32. The van der Waals surface area contributed by atoms with Gasteiger partial charge in [0.2, 0.25) is 0 Å². The van der Waals surface area contributed by atoms with Crippen LogP contribution in [0.5, 0.6) is 0 Å². The lowest BCUT2D eigenvalue weighted by atomic mass is 10.4. The van der Waals surface area contributed by atoms with E-state index in [0.717, 1.165) is 17.2 Å². The fourth-order valence-electron chi connectivity index (χ4n) is 1.01. The molecule has 0 spiro atoms. The Hall–Kier alpha value is -0.650. The maximum absolute atomic E-state index is 9.36. The van der Waals surface area contributed by atoms with Crippen LogP contribution in [-0.2, 0) is 11.2 Å². The van der Waals surface area contributed by atoms with Gasteiger partial charge in [0.25, 0.3) is 0 Å². The minimum absolute atomic E-state index is 0.346. The van der Waals surface area contributed by atoms with Crippen molar-refractivity contribution >= 4 is 16.5 Å². The lowest BCUT2D eigenvalue weighted by molar-refractivity contribution is 0.0727. The SMILES string of the molecule is CCc1csc(NCC(O)COC)n1. The average molecular weight is 216 g/mol. The quantitative estimate of drug-likeness (QED) is 0.748. The molecule has 1 aromatic rings. The normalized spacial score (nSPS) is 12.8. The molecule has 0 saturated carbocycles. The number of aliphatic hydroxyl groups excluding tert-OH is 1. The van der Waals surface area contributed by atoms with Gasteiger partial charge in [-0.2, -0.15) is 0 Å². The van der Waals surface area contributed by atoms with E-state index in [1.807, 2.05) is 5.38 Å². The van der Waals surface area contributed by atoms with Crippen LogP contribution >= 0.6 is 11.3 Å². The smallest absolute Gasteiger partial charge is 0.182 e. The Morgan fingerprint density at radius 1 is 1.71 bits per heavy atom. The zero-order valence-corrected chi connectivity index (χ0v) is 9.30. The number of nitrogens with zero attached hydrogens (tertiary/aromatic N) is 1. The lowest BCUT2D eigenvalue weighted by Gasteiger charge is -2.09. The number of hydrogen-bond acceptors (Lipinski definition) is 5. The monoisotopic (exact) mass is 216 g/mol. The van der Waals surface area contributed by atoms with E-state index in [0.29, 0.717) is 13.2 Å². The zero-order chi connectivity index (χ0) is 10.4. The van der Waals surface area contributed by atoms with E-state index < -0.39 is 6.10 Å². The predicted molar refractivity (Wildman–Crippen MR) is 57.9 cm³/mol. The Balaban J connectivity index is 2.30. The van der Waals surface area contributed by atoms with Crippen LogP contribution in [0, 0.1) is 0 Å². The molecule has 1 heterocycles. The van der Waals surface area contributed by atoms with Crippen LogP contribution < -0.4 is 5.32 Å². The molecule has 14 heavy (non-hydrogen) atoms. The first-order valence-electron chi connectivity index (χ1n) is 4.61. The van der Waals surface area contributed by atoms with E-state index in [-0.39, 0.29) is 0 Å². The van der Waals surface area contributed by atoms with Gasteiger partial charge in [0.1, 0.15) is 0 Å². The molecule has 0 aliphatic heterocycles. The van der Waals surface area contributed by atoms with E-state index in [4.69, 9.17) is 4.74 Å². The Morgan fingerprint density at radius 3 is 3.07 bits per heavy atom. The van der Waals surface area contributed by atoms with Gasteiger partial charge < -0.3 is 15.2 Å². The van der Waals surface area contributed by atoms with Crippen molar-refractivity contribution in [3.05, 3.63) is 11.1 Å². The fraction of sp³-hybridized carbons (Fsp3) is 0.667. The summed E-state index contributed by atoms with van der Waals surface area (Å²) >= 11 is 1.56. The molecule has 0 radical (unpaired) electrons. The molecule has 0 aromatic carbocycles. The number of ether oxygens (including phenoxy) is 1. The first kappa shape index (κ1) is 11.4. The summed E-state index contributed by atoms with van der Waals surface area (Å²) in [5, 5.41) is 15.3. The summed E-state index contributed by atoms with van der Waals surface area (Å²) < 4.78 is 4.81. The van der Waals surface area contributed by atoms with Gasteiger partial charge in [0.05, 0.1) is 18.4 Å². The maximum Gasteiger partial charge on any atom is 0.182 e. The standard InChI is InChI=1S/C9H16N2O2S/c1-3-7-6-14-9(11-7)10-4-8(12)5-13-2/h6,8,12H,3-5H2,1-2H3,(H,10,11). The molecule has 0 bridgehead atoms. The maximum atomic E-state index is 9.36. The summed E-state index contributed by atoms with van der Waals surface area (Å²) in [6, 6.07) is 0. The third-order valence-electron chi connectivity index (χ3n) is 1.76. The summed E-state index contributed by atoms with van der Waals surface area (Å²) in [5.74, 6) is 0. The van der Waals surface area contributed by atoms with E-state index in [1.54, 1.807) is 18.4 Å². The van der Waals surface area contributed by atoms with Crippen molar-refractivity contribution < 1.29 is 9.84 Å². The summed E-state index contributed by atoms with van der Waals surface area (Å²) in [7, 11) is 1.57. The highest BCUT2D eigenvalue weighted by Crippen LogP contribution is 2.15. The minimum atomic E-state index is -0.478. The van der Waals surface area contributed by atoms with Crippen LogP contribution in [0.1, 0.15) is 12.6 Å². The van der Waals surface area contributed by atoms with Crippen LogP contribution in [-0.4, -0.2) is 36.5 Å². The van der Waals surface area contributed by atoms with Crippen molar-refractivity contribution in [2.75, 3.05) is 25.6 Å². The predicted octanol–water partition coefficient (Wildman–Crippen LogP) is 1.12. The lowest BCUT2D eigenvalue weighted by Crippen LogP contribution is -2.24. The molecule has 5 heteroatoms. The van der Waals surface area contributed by atoms with Gasteiger partial charge >= 0.3 is 0 Å². The first-order chi connectivity index (χ1) is 6.76. The van der Waals surface area contributed by atoms with Crippen LogP contribution in [0.2, 0.25) is 0 Å². The highest BCUT2D eigenvalue weighted by atomic mass is 32.1. The molecular formula is C9H16N2O2S. The van der Waals surface area contributed by atoms with E-state index in [2.05, 4.69) is 17.2 Å². The summed E-state index contributed by atoms with van der Waals surface area (Å²) in [6.07, 6.45) is 0.465. The van der Waals surface area contributed by atoms with Crippen molar-refractivity contribution in [1.29, 1.82) is 0 Å². The zero-order valence-electron chi connectivity index (χ0n) is 8.49. The number of anilines is 1. The Bertz CT molecular complexity index is 265. The Kier molecular flexibility index (Phi) is 4.86. The van der Waals surface area contributed by atoms with Crippen LogP contribution in [0.25, 0.3) is 0 Å². The van der Waals surface area contributed by atoms with Gasteiger partial charge in [0.15, 0.2) is 5.13 Å². The Morgan fingerprint density at radius 2 is 2.50 bits per heavy atom. The van der Waals surface area contributed by atoms with Crippen LogP contribution in [0.15, 0.2) is 5.38 Å². The third kappa shape index (κ3) is 3.61. The molecule has 0 fully saturated rings. The van der Waals surface area contributed by atoms with E-state index in [9.17, 15) is 5.11 Å². The number of rotatable bonds is 6. The van der Waals surface area contributed by atoms with Crippen molar-refractivity contribution in [3.8, 4) is 0 Å². The summed E-state index contributed by atoms with van der Waals surface area (Å²) in [6.45, 7) is 2.89. The van der Waals surface area contributed by atoms with Crippen molar-refractivity contribution in [2.24, 2.45) is 0 Å². The van der Waals surface area contributed by atoms with Gasteiger partial charge in [-0.1, -0.05) is 6.92 Å². The molecule has 0 amide bonds. The number of aromatic nitrogens is 1. The van der Waals surface area contributed by atoms with Crippen LogP contribution in [0.4, 0.5) is 5.13 Å². The average Bonchev–Trinajstić information content (AvgIpc) is 2.63. The van der Waals surface area contributed by atoms with Crippen molar-refractivity contribution in [3.63, 3.8) is 0 Å². The molecule has 0 aliphatic rings. The molecule has 1 atom stereocenters. The van der Waals surface area contributed by atoms with Gasteiger partial charge in [-0.25, -0.2) is 4.98 Å². The second-order valence-electron chi connectivity index (χ2n) is 2.99. The molecule has 1 rings (SSSR count). The molecule has 4 nitrogen and oxygen atoms in total. The molecular weight excluding hydrogens is 200 g/mol. The number of nitrogens with one attached hydrogen (secondary N) is 1. The van der Waals surface area contributed by atoms with E-state index in [1.165, 1.54) is 0 Å². The highest BCUT2D eigenvalue weighted by Gasteiger charge is 2.04. The molecule has 1 aromatic heterocycles. The molecule has 0 saturated heterocycles. The number of aryl methyl sites for hydroxylation is 1. The number of thiazole rings is 1. The third-order valence-corrected chi connectivity index (χ3v) is 2.61. The van der Waals surface area contributed by atoms with Gasteiger partial charge in [0, 0.05) is 19.0 Å².